The molecule has 1 unspecified atom stereocenters. The van der Waals surface area contributed by atoms with E-state index in [2.05, 4.69) is 46.7 Å². The predicted molar refractivity (Wildman–Crippen MR) is 76.3 cm³/mol. The first kappa shape index (κ1) is 12.5. The van der Waals surface area contributed by atoms with E-state index in [1.807, 2.05) is 0 Å². The molecule has 1 atom stereocenters. The maximum absolute atomic E-state index is 11.6. The second kappa shape index (κ2) is 4.85. The lowest BCUT2D eigenvalue weighted by atomic mass is 9.88. The van der Waals surface area contributed by atoms with Gasteiger partial charge in [-0.2, -0.15) is 0 Å². The molecule has 2 aliphatic rings. The fourth-order valence-electron chi connectivity index (χ4n) is 3.18. The number of nitrogens with zero attached hydrogens (tertiary/aromatic N) is 1. The maximum atomic E-state index is 11.6. The monoisotopic (exact) mass is 259 g/mol. The summed E-state index contributed by atoms with van der Waals surface area (Å²) in [6, 6.07) is 8.48. The fourth-order valence-corrected chi connectivity index (χ4v) is 3.18. The van der Waals surface area contributed by atoms with Crippen molar-refractivity contribution in [2.75, 3.05) is 31.1 Å². The first-order valence-corrected chi connectivity index (χ1v) is 7.05. The van der Waals surface area contributed by atoms with E-state index in [9.17, 15) is 4.79 Å². The van der Waals surface area contributed by atoms with Gasteiger partial charge in [0.25, 0.3) is 0 Å². The van der Waals surface area contributed by atoms with Crippen molar-refractivity contribution in [3.8, 4) is 0 Å². The third kappa shape index (κ3) is 2.32. The molecular weight excluding hydrogens is 238 g/mol. The molecule has 0 bridgehead atoms. The molecular formula is C15H21N3O. The highest BCUT2D eigenvalue weighted by molar-refractivity contribution is 5.83. The molecule has 4 nitrogen and oxygen atoms in total. The van der Waals surface area contributed by atoms with E-state index < -0.39 is 0 Å². The van der Waals surface area contributed by atoms with E-state index in [-0.39, 0.29) is 11.4 Å². The SMILES string of the molecule is CC1(c2ccccc2N2CCNC(=O)C2)CCCN1. The Bertz CT molecular complexity index is 480. The minimum atomic E-state index is 0.0461. The smallest absolute Gasteiger partial charge is 0.239 e. The van der Waals surface area contributed by atoms with Crippen molar-refractivity contribution < 1.29 is 4.79 Å². The van der Waals surface area contributed by atoms with Gasteiger partial charge in [0.15, 0.2) is 0 Å². The Morgan fingerprint density at radius 2 is 2.11 bits per heavy atom. The largest absolute Gasteiger partial charge is 0.360 e. The molecule has 0 saturated carbocycles. The molecule has 2 aliphatic heterocycles. The number of nitrogens with one attached hydrogen (secondary N) is 2. The summed E-state index contributed by atoms with van der Waals surface area (Å²) in [5.74, 6) is 0.116. The molecule has 4 heteroatoms. The van der Waals surface area contributed by atoms with Gasteiger partial charge in [-0.15, -0.1) is 0 Å². The molecule has 2 fully saturated rings. The second-order valence-corrected chi connectivity index (χ2v) is 5.65. The van der Waals surface area contributed by atoms with Crippen LogP contribution in [0.5, 0.6) is 0 Å². The molecule has 2 heterocycles. The van der Waals surface area contributed by atoms with Gasteiger partial charge >= 0.3 is 0 Å². The molecule has 3 rings (SSSR count). The Morgan fingerprint density at radius 1 is 1.26 bits per heavy atom. The van der Waals surface area contributed by atoms with Crippen LogP contribution in [0.1, 0.15) is 25.3 Å². The highest BCUT2D eigenvalue weighted by Gasteiger charge is 2.33. The van der Waals surface area contributed by atoms with Crippen LogP contribution in [0.3, 0.4) is 0 Å². The first-order chi connectivity index (χ1) is 9.19. The quantitative estimate of drug-likeness (QED) is 0.839. The molecule has 19 heavy (non-hydrogen) atoms. The molecule has 0 aliphatic carbocycles. The van der Waals surface area contributed by atoms with Crippen molar-refractivity contribution in [3.63, 3.8) is 0 Å². The van der Waals surface area contributed by atoms with Gasteiger partial charge in [-0.3, -0.25) is 4.79 Å². The molecule has 0 spiro atoms. The summed E-state index contributed by atoms with van der Waals surface area (Å²) in [5, 5.41) is 6.50. The lowest BCUT2D eigenvalue weighted by Gasteiger charge is -2.35. The fraction of sp³-hybridized carbons (Fsp3) is 0.533. The van der Waals surface area contributed by atoms with Crippen LogP contribution in [0.4, 0.5) is 5.69 Å². The van der Waals surface area contributed by atoms with E-state index in [1.165, 1.54) is 17.7 Å². The van der Waals surface area contributed by atoms with Crippen LogP contribution in [-0.2, 0) is 10.3 Å². The van der Waals surface area contributed by atoms with Crippen LogP contribution >= 0.6 is 0 Å². The van der Waals surface area contributed by atoms with Crippen molar-refractivity contribution in [1.29, 1.82) is 0 Å². The van der Waals surface area contributed by atoms with Gasteiger partial charge in [0.1, 0.15) is 0 Å². The molecule has 1 amide bonds. The number of amides is 1. The van der Waals surface area contributed by atoms with Crippen LogP contribution < -0.4 is 15.5 Å². The standard InChI is InChI=1S/C15H21N3O/c1-15(7-4-8-17-15)12-5-2-3-6-13(12)18-10-9-16-14(19)11-18/h2-3,5-6,17H,4,7-11H2,1H3,(H,16,19). The average Bonchev–Trinajstić information content (AvgIpc) is 2.87. The maximum Gasteiger partial charge on any atom is 0.239 e. The number of carbonyl (C=O) groups is 1. The van der Waals surface area contributed by atoms with E-state index in [4.69, 9.17) is 0 Å². The summed E-state index contributed by atoms with van der Waals surface area (Å²) in [5.41, 5.74) is 2.57. The van der Waals surface area contributed by atoms with Crippen molar-refractivity contribution in [2.24, 2.45) is 0 Å². The minimum Gasteiger partial charge on any atom is -0.360 e. The van der Waals surface area contributed by atoms with E-state index in [1.54, 1.807) is 0 Å². The van der Waals surface area contributed by atoms with Crippen molar-refractivity contribution in [3.05, 3.63) is 29.8 Å². The minimum absolute atomic E-state index is 0.0461. The van der Waals surface area contributed by atoms with Crippen LogP contribution in [0.2, 0.25) is 0 Å². The molecule has 1 aromatic carbocycles. The third-order valence-corrected chi connectivity index (χ3v) is 4.25. The molecule has 2 saturated heterocycles. The van der Waals surface area contributed by atoms with Gasteiger partial charge in [-0.05, 0) is 37.9 Å². The number of benzene rings is 1. The lowest BCUT2D eigenvalue weighted by Crippen LogP contribution is -2.48. The summed E-state index contributed by atoms with van der Waals surface area (Å²) < 4.78 is 0. The summed E-state index contributed by atoms with van der Waals surface area (Å²) in [6.07, 6.45) is 2.37. The molecule has 0 radical (unpaired) electrons. The number of hydrogen-bond acceptors (Lipinski definition) is 3. The molecule has 102 valence electrons. The number of piperazine rings is 1. The van der Waals surface area contributed by atoms with Crippen LogP contribution in [0.15, 0.2) is 24.3 Å². The molecule has 1 aromatic rings. The molecule has 2 N–H and O–H groups in total. The number of hydrogen-bond donors (Lipinski definition) is 2. The van der Waals surface area contributed by atoms with Gasteiger partial charge in [0.05, 0.1) is 6.54 Å². The zero-order chi connectivity index (χ0) is 13.3. The zero-order valence-corrected chi connectivity index (χ0v) is 11.4. The van der Waals surface area contributed by atoms with Crippen molar-refractivity contribution in [1.82, 2.24) is 10.6 Å². The summed E-state index contributed by atoms with van der Waals surface area (Å²) in [7, 11) is 0. The van der Waals surface area contributed by atoms with Gasteiger partial charge in [0.2, 0.25) is 5.91 Å². The second-order valence-electron chi connectivity index (χ2n) is 5.65. The highest BCUT2D eigenvalue weighted by Crippen LogP contribution is 2.36. The summed E-state index contributed by atoms with van der Waals surface area (Å²) in [4.78, 5) is 13.8. The Hall–Kier alpha value is -1.55. The normalized spacial score (nSPS) is 27.4. The van der Waals surface area contributed by atoms with Gasteiger partial charge in [-0.25, -0.2) is 0 Å². The predicted octanol–water partition coefficient (Wildman–Crippen LogP) is 1.22. The van der Waals surface area contributed by atoms with Gasteiger partial charge in [-0.1, -0.05) is 18.2 Å². The van der Waals surface area contributed by atoms with Gasteiger partial charge in [0, 0.05) is 24.3 Å². The topological polar surface area (TPSA) is 44.4 Å². The third-order valence-electron chi connectivity index (χ3n) is 4.25. The number of carbonyl (C=O) groups excluding carboxylic acids is 1. The Balaban J connectivity index is 1.95. The van der Waals surface area contributed by atoms with Crippen LogP contribution in [0, 0.1) is 0 Å². The first-order valence-electron chi connectivity index (χ1n) is 7.05. The van der Waals surface area contributed by atoms with E-state index >= 15 is 0 Å². The highest BCUT2D eigenvalue weighted by atomic mass is 16.2. The van der Waals surface area contributed by atoms with Crippen LogP contribution in [-0.4, -0.2) is 32.1 Å². The zero-order valence-electron chi connectivity index (χ0n) is 11.4. The van der Waals surface area contributed by atoms with Crippen molar-refractivity contribution in [2.45, 2.75) is 25.3 Å². The van der Waals surface area contributed by atoms with E-state index in [0.29, 0.717) is 6.54 Å². The van der Waals surface area contributed by atoms with E-state index in [0.717, 1.165) is 26.1 Å². The molecule has 0 aromatic heterocycles. The number of rotatable bonds is 2. The van der Waals surface area contributed by atoms with Crippen LogP contribution in [0.25, 0.3) is 0 Å². The number of anilines is 1. The van der Waals surface area contributed by atoms with Crippen molar-refractivity contribution >= 4 is 11.6 Å². The summed E-state index contributed by atoms with van der Waals surface area (Å²) >= 11 is 0. The Morgan fingerprint density at radius 3 is 2.84 bits per heavy atom. The average molecular weight is 259 g/mol. The Labute approximate surface area is 114 Å². The Kier molecular flexibility index (Phi) is 3.19. The van der Waals surface area contributed by atoms with Gasteiger partial charge < -0.3 is 15.5 Å². The lowest BCUT2D eigenvalue weighted by molar-refractivity contribution is -0.120. The summed E-state index contributed by atoms with van der Waals surface area (Å²) in [6.45, 7) is 5.43. The number of para-hydroxylation sites is 1.